The molecule has 0 saturated heterocycles. The molecule has 0 aromatic rings. The highest BCUT2D eigenvalue weighted by Crippen LogP contribution is 1.58. The summed E-state index contributed by atoms with van der Waals surface area (Å²) >= 11 is 0. The Morgan fingerprint density at radius 2 is 0.600 bits per heavy atom. The maximum absolute atomic E-state index is 5.03. The zero-order valence-electron chi connectivity index (χ0n) is 10.2. The third-order valence-electron chi connectivity index (χ3n) is 0.866. The summed E-state index contributed by atoms with van der Waals surface area (Å²) in [4.78, 5) is 0. The molecule has 0 aliphatic carbocycles. The van der Waals surface area contributed by atoms with Crippen molar-refractivity contribution in [1.29, 1.82) is 0 Å². The largest absolute Gasteiger partial charge is 0.330 e. The Labute approximate surface area is 114 Å². The van der Waals surface area contributed by atoms with E-state index in [2.05, 4.69) is 20.8 Å². The Morgan fingerprint density at radius 1 is 0.533 bits per heavy atom. The van der Waals surface area contributed by atoms with Crippen LogP contribution in [0.15, 0.2) is 0 Å². The summed E-state index contributed by atoms with van der Waals surface area (Å²) in [6.45, 7) is 8.62. The first kappa shape index (κ1) is 36.0. The third kappa shape index (κ3) is 171. The van der Waals surface area contributed by atoms with E-state index in [9.17, 15) is 0 Å². The van der Waals surface area contributed by atoms with Gasteiger partial charge in [-0.1, -0.05) is 20.8 Å². The zero-order chi connectivity index (χ0) is 10.2. The first-order chi connectivity index (χ1) is 5.74. The van der Waals surface area contributed by atoms with Gasteiger partial charge >= 0.3 is 0 Å². The van der Waals surface area contributed by atoms with Crippen LogP contribution in [0.5, 0.6) is 0 Å². The number of rotatable bonds is 3. The molecule has 0 amide bonds. The molecular weight excluding hydrogens is 256 g/mol. The van der Waals surface area contributed by atoms with E-state index in [0.717, 1.165) is 38.9 Å². The maximum Gasteiger partial charge on any atom is -0.00799 e. The van der Waals surface area contributed by atoms with Gasteiger partial charge in [0, 0.05) is 0 Å². The van der Waals surface area contributed by atoms with Gasteiger partial charge in [0.2, 0.25) is 0 Å². The van der Waals surface area contributed by atoms with E-state index in [1.807, 2.05) is 0 Å². The van der Waals surface area contributed by atoms with Crippen molar-refractivity contribution in [1.82, 2.24) is 0 Å². The van der Waals surface area contributed by atoms with Gasteiger partial charge in [-0.2, -0.15) is 0 Å². The Balaban J connectivity index is -0.0000000184. The lowest BCUT2D eigenvalue weighted by Gasteiger charge is -1.70. The summed E-state index contributed by atoms with van der Waals surface area (Å²) in [6, 6.07) is 0. The topological polar surface area (TPSA) is 78.1 Å². The van der Waals surface area contributed by atoms with Crippen molar-refractivity contribution in [3.63, 3.8) is 0 Å². The fourth-order valence-electron chi connectivity index (χ4n) is 0. The minimum absolute atomic E-state index is 0. The first-order valence-electron chi connectivity index (χ1n) is 4.85. The molecule has 102 valence electrons. The highest BCUT2D eigenvalue weighted by molar-refractivity contribution is 5.86. The Bertz CT molecular complexity index is 36.1. The molecule has 0 aliphatic heterocycles. The van der Waals surface area contributed by atoms with Crippen LogP contribution in [0.1, 0.15) is 40.0 Å². The number of hydrogen-bond acceptors (Lipinski definition) is 3. The summed E-state index contributed by atoms with van der Waals surface area (Å²) in [6.07, 6.45) is 3.29. The number of halogens is 3. The highest BCUT2D eigenvalue weighted by atomic mass is 35.5. The molecule has 0 saturated carbocycles. The molecule has 0 aromatic heterocycles. The molecule has 0 bridgehead atoms. The van der Waals surface area contributed by atoms with Crippen LogP contribution in [0.25, 0.3) is 0 Å². The van der Waals surface area contributed by atoms with E-state index in [1.54, 1.807) is 0 Å². The van der Waals surface area contributed by atoms with Crippen LogP contribution in [0.2, 0.25) is 0 Å². The lowest BCUT2D eigenvalue weighted by Crippen LogP contribution is -1.93. The van der Waals surface area contributed by atoms with E-state index >= 15 is 0 Å². The van der Waals surface area contributed by atoms with E-state index < -0.39 is 0 Å². The van der Waals surface area contributed by atoms with Gasteiger partial charge in [0.15, 0.2) is 0 Å². The summed E-state index contributed by atoms with van der Waals surface area (Å²) in [5.74, 6) is 0. The van der Waals surface area contributed by atoms with Gasteiger partial charge in [-0.3, -0.25) is 0 Å². The Morgan fingerprint density at radius 3 is 0.600 bits per heavy atom. The second-order valence-electron chi connectivity index (χ2n) is 2.37. The van der Waals surface area contributed by atoms with Gasteiger partial charge in [-0.05, 0) is 38.9 Å². The molecule has 15 heavy (non-hydrogen) atoms. The molecule has 0 spiro atoms. The van der Waals surface area contributed by atoms with Crippen molar-refractivity contribution in [2.75, 3.05) is 19.6 Å². The molecule has 6 N–H and O–H groups in total. The van der Waals surface area contributed by atoms with E-state index in [4.69, 9.17) is 17.2 Å². The molecular formula is C9H30Cl3N3. The fourth-order valence-corrected chi connectivity index (χ4v) is 0. The van der Waals surface area contributed by atoms with Crippen LogP contribution in [0.3, 0.4) is 0 Å². The minimum Gasteiger partial charge on any atom is -0.330 e. The zero-order valence-corrected chi connectivity index (χ0v) is 12.6. The standard InChI is InChI=1S/3C3H9N.3ClH/c3*1-2-3-4;;;/h3*2-4H2,1H3;3*1H. The maximum atomic E-state index is 5.03. The van der Waals surface area contributed by atoms with Crippen LogP contribution in [0, 0.1) is 0 Å². The van der Waals surface area contributed by atoms with Crippen LogP contribution >= 0.6 is 37.2 Å². The minimum atomic E-state index is 0. The SMILES string of the molecule is CCCN.CCCN.CCCN.Cl.Cl.Cl. The second-order valence-corrected chi connectivity index (χ2v) is 2.37. The van der Waals surface area contributed by atoms with E-state index in [-0.39, 0.29) is 37.2 Å². The van der Waals surface area contributed by atoms with Crippen molar-refractivity contribution in [2.45, 2.75) is 40.0 Å². The Hall–Kier alpha value is 0.750. The van der Waals surface area contributed by atoms with Crippen LogP contribution in [-0.4, -0.2) is 19.6 Å². The molecule has 0 heterocycles. The lowest BCUT2D eigenvalue weighted by atomic mass is 10.5. The van der Waals surface area contributed by atoms with Gasteiger partial charge in [-0.15, -0.1) is 37.2 Å². The second kappa shape index (κ2) is 61.2. The number of hydrogen-bond donors (Lipinski definition) is 3. The molecule has 0 aromatic carbocycles. The van der Waals surface area contributed by atoms with Crippen molar-refractivity contribution < 1.29 is 0 Å². The van der Waals surface area contributed by atoms with Crippen LogP contribution < -0.4 is 17.2 Å². The lowest BCUT2D eigenvalue weighted by molar-refractivity contribution is 0.932. The van der Waals surface area contributed by atoms with Crippen molar-refractivity contribution in [3.05, 3.63) is 0 Å². The molecule has 0 unspecified atom stereocenters. The predicted octanol–water partition coefficient (Wildman–Crippen LogP) is 2.33. The smallest absolute Gasteiger partial charge is 0.00799 e. The van der Waals surface area contributed by atoms with Gasteiger partial charge < -0.3 is 17.2 Å². The average molecular weight is 287 g/mol. The molecule has 0 atom stereocenters. The van der Waals surface area contributed by atoms with Crippen LogP contribution in [0.4, 0.5) is 0 Å². The predicted molar refractivity (Wildman–Crippen MR) is 79.8 cm³/mol. The first-order valence-corrected chi connectivity index (χ1v) is 4.85. The van der Waals surface area contributed by atoms with Gasteiger partial charge in [0.1, 0.15) is 0 Å². The summed E-state index contributed by atoms with van der Waals surface area (Å²) in [7, 11) is 0. The molecule has 0 rings (SSSR count). The monoisotopic (exact) mass is 285 g/mol. The number of nitrogens with two attached hydrogens (primary N) is 3. The third-order valence-corrected chi connectivity index (χ3v) is 0.866. The summed E-state index contributed by atoms with van der Waals surface area (Å²) in [5.41, 5.74) is 15.1. The van der Waals surface area contributed by atoms with Crippen molar-refractivity contribution >= 4 is 37.2 Å². The summed E-state index contributed by atoms with van der Waals surface area (Å²) < 4.78 is 0. The molecule has 0 radical (unpaired) electrons. The molecule has 0 fully saturated rings. The Kier molecular flexibility index (Phi) is 147. The van der Waals surface area contributed by atoms with Crippen molar-refractivity contribution in [3.8, 4) is 0 Å². The van der Waals surface area contributed by atoms with Gasteiger partial charge in [0.05, 0.1) is 0 Å². The molecule has 0 aliphatic rings. The van der Waals surface area contributed by atoms with Gasteiger partial charge in [0.25, 0.3) is 0 Å². The van der Waals surface area contributed by atoms with Crippen LogP contribution in [-0.2, 0) is 0 Å². The quantitative estimate of drug-likeness (QED) is 0.745. The van der Waals surface area contributed by atoms with Gasteiger partial charge in [-0.25, -0.2) is 0 Å². The normalized spacial score (nSPS) is 6.00. The fraction of sp³-hybridized carbons (Fsp3) is 1.00. The van der Waals surface area contributed by atoms with E-state index in [1.165, 1.54) is 0 Å². The molecule has 6 heteroatoms. The molecule has 3 nitrogen and oxygen atoms in total. The average Bonchev–Trinajstić information content (AvgIpc) is 2.18. The van der Waals surface area contributed by atoms with Crippen molar-refractivity contribution in [2.24, 2.45) is 17.2 Å². The van der Waals surface area contributed by atoms with E-state index in [0.29, 0.717) is 0 Å². The highest BCUT2D eigenvalue weighted by Gasteiger charge is 1.56. The summed E-state index contributed by atoms with van der Waals surface area (Å²) in [5, 5.41) is 0.